The minimum Gasteiger partial charge on any atom is -0.354 e. The van der Waals surface area contributed by atoms with Crippen LogP contribution >= 0.6 is 28.3 Å². The summed E-state index contributed by atoms with van der Waals surface area (Å²) in [6, 6.07) is 7.51. The van der Waals surface area contributed by atoms with Crippen LogP contribution in [0.25, 0.3) is 0 Å². The van der Waals surface area contributed by atoms with Crippen LogP contribution in [0.4, 0.5) is 0 Å². The lowest BCUT2D eigenvalue weighted by Crippen LogP contribution is -2.47. The summed E-state index contributed by atoms with van der Waals surface area (Å²) in [5, 5.41) is 5.51. The van der Waals surface area contributed by atoms with Crippen LogP contribution in [0.5, 0.6) is 0 Å². The zero-order valence-corrected chi connectivity index (χ0v) is 16.4. The van der Waals surface area contributed by atoms with Gasteiger partial charge in [0, 0.05) is 16.4 Å². The first-order valence-corrected chi connectivity index (χ1v) is 8.70. The average Bonchev–Trinajstić information content (AvgIpc) is 3.31. The molecule has 0 spiro atoms. The van der Waals surface area contributed by atoms with Crippen LogP contribution in [0, 0.1) is 5.92 Å². The number of nitrogens with one attached hydrogen (secondary N) is 2. The quantitative estimate of drug-likeness (QED) is 0.634. The standard InChI is InChI=1S/C17H24BrN3O2.ClH/c1-11(2)15(19)16(23)20-9-14(22)21-10-17(7-8-17)12-5-3-4-6-13(12)18;/h3-6,11,15H,7-10,19H2,1-2H3,(H,20,23)(H,21,22);1H/t15-;/m0./s1. The van der Waals surface area contributed by atoms with Gasteiger partial charge < -0.3 is 16.4 Å². The molecule has 0 bridgehead atoms. The van der Waals surface area contributed by atoms with E-state index < -0.39 is 6.04 Å². The molecule has 1 aromatic rings. The van der Waals surface area contributed by atoms with E-state index in [9.17, 15) is 9.59 Å². The normalized spacial score (nSPS) is 16.0. The van der Waals surface area contributed by atoms with Crippen molar-refractivity contribution in [2.75, 3.05) is 13.1 Å². The molecule has 0 aliphatic heterocycles. The monoisotopic (exact) mass is 417 g/mol. The van der Waals surface area contributed by atoms with Crippen molar-refractivity contribution in [3.63, 3.8) is 0 Å². The van der Waals surface area contributed by atoms with Crippen LogP contribution in [-0.4, -0.2) is 30.9 Å². The third-order valence-electron chi connectivity index (χ3n) is 4.37. The van der Waals surface area contributed by atoms with Gasteiger partial charge in [-0.3, -0.25) is 9.59 Å². The summed E-state index contributed by atoms with van der Waals surface area (Å²) in [4.78, 5) is 23.7. The minimum atomic E-state index is -0.585. The maximum absolute atomic E-state index is 12.0. The molecule has 0 saturated heterocycles. The fourth-order valence-electron chi connectivity index (χ4n) is 2.50. The predicted molar refractivity (Wildman–Crippen MR) is 101 cm³/mol. The summed E-state index contributed by atoms with van der Waals surface area (Å²) in [6.45, 7) is 4.30. The van der Waals surface area contributed by atoms with Gasteiger partial charge in [-0.2, -0.15) is 0 Å². The molecule has 2 amide bonds. The number of halogens is 2. The lowest BCUT2D eigenvalue weighted by molar-refractivity contribution is -0.127. The Morgan fingerprint density at radius 3 is 2.42 bits per heavy atom. The molecule has 134 valence electrons. The Balaban J connectivity index is 0.00000288. The van der Waals surface area contributed by atoms with Crippen LogP contribution in [0.2, 0.25) is 0 Å². The van der Waals surface area contributed by atoms with Gasteiger partial charge in [-0.05, 0) is 30.4 Å². The van der Waals surface area contributed by atoms with Gasteiger partial charge in [-0.1, -0.05) is 48.0 Å². The molecule has 24 heavy (non-hydrogen) atoms. The van der Waals surface area contributed by atoms with Gasteiger partial charge in [0.25, 0.3) is 0 Å². The van der Waals surface area contributed by atoms with Crippen LogP contribution in [-0.2, 0) is 15.0 Å². The van der Waals surface area contributed by atoms with E-state index in [0.29, 0.717) is 6.54 Å². The van der Waals surface area contributed by atoms with Crippen LogP contribution < -0.4 is 16.4 Å². The third kappa shape index (κ3) is 5.19. The maximum atomic E-state index is 12.0. The van der Waals surface area contributed by atoms with Crippen LogP contribution in [0.3, 0.4) is 0 Å². The Kier molecular flexibility index (Phi) is 7.70. The molecule has 0 heterocycles. The van der Waals surface area contributed by atoms with Gasteiger partial charge in [-0.15, -0.1) is 12.4 Å². The minimum absolute atomic E-state index is 0. The molecule has 2 rings (SSSR count). The molecular weight excluding hydrogens is 394 g/mol. The van der Waals surface area contributed by atoms with E-state index in [4.69, 9.17) is 5.73 Å². The molecule has 1 aromatic carbocycles. The Morgan fingerprint density at radius 1 is 1.25 bits per heavy atom. The molecule has 0 radical (unpaired) electrons. The molecule has 5 nitrogen and oxygen atoms in total. The molecule has 1 aliphatic carbocycles. The van der Waals surface area contributed by atoms with E-state index in [2.05, 4.69) is 32.6 Å². The van der Waals surface area contributed by atoms with Gasteiger partial charge in [-0.25, -0.2) is 0 Å². The summed E-state index contributed by atoms with van der Waals surface area (Å²) >= 11 is 3.57. The first-order chi connectivity index (χ1) is 10.9. The first-order valence-electron chi connectivity index (χ1n) is 7.91. The van der Waals surface area contributed by atoms with Gasteiger partial charge in [0.1, 0.15) is 0 Å². The third-order valence-corrected chi connectivity index (χ3v) is 5.06. The van der Waals surface area contributed by atoms with Crippen molar-refractivity contribution in [2.24, 2.45) is 11.7 Å². The molecule has 1 atom stereocenters. The van der Waals surface area contributed by atoms with E-state index >= 15 is 0 Å². The van der Waals surface area contributed by atoms with E-state index in [-0.39, 0.29) is 42.1 Å². The molecular formula is C17H25BrClN3O2. The Bertz CT molecular complexity index is 591. The molecule has 1 aliphatic rings. The fraction of sp³-hybridized carbons (Fsp3) is 0.529. The highest BCUT2D eigenvalue weighted by Gasteiger charge is 2.45. The van der Waals surface area contributed by atoms with Gasteiger partial charge in [0.15, 0.2) is 0 Å². The second-order valence-electron chi connectivity index (χ2n) is 6.52. The van der Waals surface area contributed by atoms with Crippen molar-refractivity contribution in [2.45, 2.75) is 38.1 Å². The molecule has 7 heteroatoms. The molecule has 0 unspecified atom stereocenters. The second-order valence-corrected chi connectivity index (χ2v) is 7.38. The molecule has 0 aromatic heterocycles. The average molecular weight is 419 g/mol. The summed E-state index contributed by atoms with van der Waals surface area (Å²) in [6.07, 6.45) is 2.11. The van der Waals surface area contributed by atoms with Crippen molar-refractivity contribution in [3.05, 3.63) is 34.3 Å². The highest BCUT2D eigenvalue weighted by Crippen LogP contribution is 2.49. The van der Waals surface area contributed by atoms with Crippen molar-refractivity contribution < 1.29 is 9.59 Å². The first kappa shape index (κ1) is 20.9. The second kappa shape index (κ2) is 8.83. The number of hydrogen-bond acceptors (Lipinski definition) is 3. The lowest BCUT2D eigenvalue weighted by atomic mass is 9.96. The Morgan fingerprint density at radius 2 is 1.88 bits per heavy atom. The van der Waals surface area contributed by atoms with E-state index in [1.165, 1.54) is 5.56 Å². The highest BCUT2D eigenvalue weighted by molar-refractivity contribution is 9.10. The summed E-state index contributed by atoms with van der Waals surface area (Å²) < 4.78 is 1.07. The zero-order valence-electron chi connectivity index (χ0n) is 14.0. The van der Waals surface area contributed by atoms with Crippen molar-refractivity contribution >= 4 is 40.2 Å². The van der Waals surface area contributed by atoms with E-state index in [1.807, 2.05) is 32.0 Å². The van der Waals surface area contributed by atoms with Crippen molar-refractivity contribution in [3.8, 4) is 0 Å². The summed E-state index contributed by atoms with van der Waals surface area (Å²) in [7, 11) is 0. The largest absolute Gasteiger partial charge is 0.354 e. The van der Waals surface area contributed by atoms with E-state index in [1.54, 1.807) is 0 Å². The number of benzene rings is 1. The van der Waals surface area contributed by atoms with Gasteiger partial charge in [0.2, 0.25) is 11.8 Å². The summed E-state index contributed by atoms with van der Waals surface area (Å²) in [5.74, 6) is -0.432. The van der Waals surface area contributed by atoms with Crippen LogP contribution in [0.15, 0.2) is 28.7 Å². The highest BCUT2D eigenvalue weighted by atomic mass is 79.9. The number of carbonyl (C=O) groups excluding carboxylic acids is 2. The Labute approximate surface area is 157 Å². The molecule has 1 fully saturated rings. The SMILES string of the molecule is CC(C)[C@H](N)C(=O)NCC(=O)NCC1(c2ccccc2Br)CC1.Cl. The molecule has 4 N–H and O–H groups in total. The van der Waals surface area contributed by atoms with Crippen molar-refractivity contribution in [1.82, 2.24) is 10.6 Å². The molecule has 1 saturated carbocycles. The topological polar surface area (TPSA) is 84.2 Å². The lowest BCUT2D eigenvalue weighted by Gasteiger charge is -2.19. The smallest absolute Gasteiger partial charge is 0.239 e. The maximum Gasteiger partial charge on any atom is 0.239 e. The summed E-state index contributed by atoms with van der Waals surface area (Å²) in [5.41, 5.74) is 6.99. The predicted octanol–water partition coefficient (Wildman–Crippen LogP) is 2.12. The Hall–Kier alpha value is -1.11. The van der Waals surface area contributed by atoms with Crippen LogP contribution in [0.1, 0.15) is 32.3 Å². The number of rotatable bonds is 7. The number of carbonyl (C=O) groups is 2. The van der Waals surface area contributed by atoms with Gasteiger partial charge in [0.05, 0.1) is 12.6 Å². The number of amides is 2. The number of hydrogen-bond donors (Lipinski definition) is 3. The van der Waals surface area contributed by atoms with E-state index in [0.717, 1.165) is 17.3 Å². The zero-order chi connectivity index (χ0) is 17.0. The van der Waals surface area contributed by atoms with Crippen molar-refractivity contribution in [1.29, 1.82) is 0 Å². The fourth-order valence-corrected chi connectivity index (χ4v) is 3.21. The van der Waals surface area contributed by atoms with Gasteiger partial charge >= 0.3 is 0 Å². The number of nitrogens with two attached hydrogens (primary N) is 1.